The molecular formula is C20H20N6O4S2. The molecule has 10 nitrogen and oxygen atoms in total. The summed E-state index contributed by atoms with van der Waals surface area (Å²) in [5, 5.41) is 22.5. The minimum Gasteiger partial charge on any atom is -0.487 e. The van der Waals surface area contributed by atoms with E-state index in [1.807, 2.05) is 30.3 Å². The summed E-state index contributed by atoms with van der Waals surface area (Å²) in [6.07, 6.45) is 0. The predicted octanol–water partition coefficient (Wildman–Crippen LogP) is 3.44. The average Bonchev–Trinajstić information content (AvgIpc) is 3.12. The third kappa shape index (κ3) is 5.80. The van der Waals surface area contributed by atoms with Gasteiger partial charge in [0.1, 0.15) is 5.82 Å². The number of nitrogens with zero attached hydrogens (tertiary/aromatic N) is 4. The van der Waals surface area contributed by atoms with E-state index < -0.39 is 10.8 Å². The lowest BCUT2D eigenvalue weighted by molar-refractivity contribution is -0.385. The number of ether oxygens (including phenoxy) is 1. The SMILES string of the molecule is CCOc1ccc(C(=O)NC(=S)Nn2c(C)nnc2SCc2ccccc2)cc1[N+](=O)[O-]. The summed E-state index contributed by atoms with van der Waals surface area (Å²) in [6.45, 7) is 3.73. The molecule has 2 N–H and O–H groups in total. The monoisotopic (exact) mass is 472 g/mol. The fraction of sp³-hybridized carbons (Fsp3) is 0.200. The minimum atomic E-state index is -0.602. The van der Waals surface area contributed by atoms with Gasteiger partial charge in [0.15, 0.2) is 10.9 Å². The number of carbonyl (C=O) groups excluding carboxylic acids is 1. The number of hydrogen-bond donors (Lipinski definition) is 2. The zero-order chi connectivity index (χ0) is 23.1. The maximum absolute atomic E-state index is 12.6. The topological polar surface area (TPSA) is 124 Å². The van der Waals surface area contributed by atoms with E-state index in [0.717, 1.165) is 11.6 Å². The lowest BCUT2D eigenvalue weighted by Gasteiger charge is -2.13. The van der Waals surface area contributed by atoms with Gasteiger partial charge in [-0.2, -0.15) is 0 Å². The second-order valence-corrected chi connectivity index (χ2v) is 7.76. The Labute approximate surface area is 193 Å². The fourth-order valence-electron chi connectivity index (χ4n) is 2.67. The van der Waals surface area contributed by atoms with E-state index >= 15 is 0 Å². The highest BCUT2D eigenvalue weighted by atomic mass is 32.2. The van der Waals surface area contributed by atoms with Crippen molar-refractivity contribution in [3.05, 3.63) is 75.6 Å². The maximum Gasteiger partial charge on any atom is 0.311 e. The van der Waals surface area contributed by atoms with Gasteiger partial charge < -0.3 is 4.74 Å². The molecular weight excluding hydrogens is 452 g/mol. The highest BCUT2D eigenvalue weighted by molar-refractivity contribution is 7.98. The molecule has 0 fully saturated rings. The van der Waals surface area contributed by atoms with Crippen molar-refractivity contribution >= 4 is 40.7 Å². The summed E-state index contributed by atoms with van der Waals surface area (Å²) >= 11 is 6.69. The van der Waals surface area contributed by atoms with Crippen molar-refractivity contribution in [1.29, 1.82) is 0 Å². The van der Waals surface area contributed by atoms with Crippen LogP contribution in [0.15, 0.2) is 53.7 Å². The number of benzene rings is 2. The largest absolute Gasteiger partial charge is 0.487 e. The summed E-state index contributed by atoms with van der Waals surface area (Å²) in [6, 6.07) is 13.8. The normalized spacial score (nSPS) is 10.4. The van der Waals surface area contributed by atoms with Gasteiger partial charge in [-0.05, 0) is 43.8 Å². The average molecular weight is 473 g/mol. The second-order valence-electron chi connectivity index (χ2n) is 6.41. The van der Waals surface area contributed by atoms with E-state index in [1.165, 1.54) is 23.9 Å². The van der Waals surface area contributed by atoms with Gasteiger partial charge in [-0.15, -0.1) is 10.2 Å². The van der Waals surface area contributed by atoms with Crippen molar-refractivity contribution in [3.8, 4) is 5.75 Å². The van der Waals surface area contributed by atoms with Gasteiger partial charge in [0.05, 0.1) is 11.5 Å². The molecule has 0 bridgehead atoms. The molecule has 0 aliphatic heterocycles. The van der Waals surface area contributed by atoms with Crippen molar-refractivity contribution in [3.63, 3.8) is 0 Å². The first-order chi connectivity index (χ1) is 15.4. The lowest BCUT2D eigenvalue weighted by atomic mass is 10.1. The standard InChI is InChI=1S/C20H20N6O4S2/c1-3-30-17-10-9-15(11-16(17)26(28)29)18(27)21-19(31)24-25-13(2)22-23-20(25)32-12-14-7-5-4-6-8-14/h4-11H,3,12H2,1-2H3,(H2,21,24,27,31). The van der Waals surface area contributed by atoms with Gasteiger partial charge in [0.25, 0.3) is 5.91 Å². The minimum absolute atomic E-state index is 0.00370. The van der Waals surface area contributed by atoms with Crippen molar-refractivity contribution in [2.24, 2.45) is 0 Å². The van der Waals surface area contributed by atoms with Crippen molar-refractivity contribution in [2.75, 3.05) is 12.0 Å². The van der Waals surface area contributed by atoms with Crippen molar-refractivity contribution in [2.45, 2.75) is 24.8 Å². The van der Waals surface area contributed by atoms with E-state index in [0.29, 0.717) is 16.7 Å². The van der Waals surface area contributed by atoms with Crippen LogP contribution in [0.5, 0.6) is 5.75 Å². The number of thioether (sulfide) groups is 1. The molecule has 0 spiro atoms. The Morgan fingerprint density at radius 2 is 2.00 bits per heavy atom. The van der Waals surface area contributed by atoms with Crippen molar-refractivity contribution < 1.29 is 14.5 Å². The van der Waals surface area contributed by atoms with Crippen LogP contribution in [0.4, 0.5) is 5.69 Å². The lowest BCUT2D eigenvalue weighted by Crippen LogP contribution is -2.38. The zero-order valence-electron chi connectivity index (χ0n) is 17.3. The molecule has 0 aliphatic carbocycles. The molecule has 0 saturated carbocycles. The molecule has 0 atom stereocenters. The van der Waals surface area contributed by atoms with Gasteiger partial charge >= 0.3 is 5.69 Å². The van der Waals surface area contributed by atoms with Crippen LogP contribution in [0, 0.1) is 17.0 Å². The van der Waals surface area contributed by atoms with Crippen LogP contribution >= 0.6 is 24.0 Å². The Bertz CT molecular complexity index is 1140. The number of nitro groups is 1. The first-order valence-electron chi connectivity index (χ1n) is 9.51. The Hall–Kier alpha value is -3.51. The molecule has 0 unspecified atom stereocenters. The number of nitro benzene ring substituents is 1. The maximum atomic E-state index is 12.6. The van der Waals surface area contributed by atoms with Gasteiger partial charge in [0, 0.05) is 17.4 Å². The molecule has 32 heavy (non-hydrogen) atoms. The first kappa shape index (κ1) is 23.2. The van der Waals surface area contributed by atoms with E-state index in [-0.39, 0.29) is 28.7 Å². The number of thiocarbonyl (C=S) groups is 1. The molecule has 1 aromatic heterocycles. The van der Waals surface area contributed by atoms with Gasteiger partial charge in [-0.1, -0.05) is 42.1 Å². The number of aromatic nitrogens is 3. The van der Waals surface area contributed by atoms with Crippen LogP contribution in [0.3, 0.4) is 0 Å². The highest BCUT2D eigenvalue weighted by Gasteiger charge is 2.19. The summed E-state index contributed by atoms with van der Waals surface area (Å²) in [5.41, 5.74) is 3.77. The van der Waals surface area contributed by atoms with Crippen LogP contribution in [-0.4, -0.2) is 37.4 Å². The van der Waals surface area contributed by atoms with Crippen LogP contribution in [0.2, 0.25) is 0 Å². The highest BCUT2D eigenvalue weighted by Crippen LogP contribution is 2.28. The number of amides is 1. The molecule has 3 rings (SSSR count). The molecule has 12 heteroatoms. The van der Waals surface area contributed by atoms with Crippen LogP contribution in [-0.2, 0) is 5.75 Å². The Balaban J connectivity index is 1.67. The Kier molecular flexibility index (Phi) is 7.73. The molecule has 166 valence electrons. The van der Waals surface area contributed by atoms with Gasteiger partial charge in [0.2, 0.25) is 5.16 Å². The number of nitrogens with one attached hydrogen (secondary N) is 2. The molecule has 0 aliphatic rings. The van der Waals surface area contributed by atoms with E-state index in [1.54, 1.807) is 18.5 Å². The molecule has 1 amide bonds. The van der Waals surface area contributed by atoms with E-state index in [4.69, 9.17) is 17.0 Å². The third-order valence-corrected chi connectivity index (χ3v) is 5.36. The van der Waals surface area contributed by atoms with Crippen LogP contribution < -0.4 is 15.5 Å². The zero-order valence-corrected chi connectivity index (χ0v) is 18.9. The Morgan fingerprint density at radius 3 is 2.69 bits per heavy atom. The Morgan fingerprint density at radius 1 is 1.25 bits per heavy atom. The first-order valence-corrected chi connectivity index (χ1v) is 10.9. The van der Waals surface area contributed by atoms with Gasteiger partial charge in [-0.25, -0.2) is 4.68 Å². The smallest absolute Gasteiger partial charge is 0.311 e. The number of rotatable bonds is 8. The van der Waals surface area contributed by atoms with Gasteiger partial charge in [-0.3, -0.25) is 25.7 Å². The van der Waals surface area contributed by atoms with E-state index in [2.05, 4.69) is 20.9 Å². The summed E-state index contributed by atoms with van der Waals surface area (Å²) in [5.74, 6) is 0.719. The predicted molar refractivity (Wildman–Crippen MR) is 124 cm³/mol. The van der Waals surface area contributed by atoms with Crippen molar-refractivity contribution in [1.82, 2.24) is 20.2 Å². The summed E-state index contributed by atoms with van der Waals surface area (Å²) < 4.78 is 6.80. The molecule has 2 aromatic carbocycles. The molecule has 3 aromatic rings. The third-order valence-electron chi connectivity index (χ3n) is 4.16. The van der Waals surface area contributed by atoms with Crippen LogP contribution in [0.25, 0.3) is 0 Å². The number of hydrogen-bond acceptors (Lipinski definition) is 8. The molecule has 1 heterocycles. The quantitative estimate of drug-likeness (QED) is 0.219. The second kappa shape index (κ2) is 10.7. The molecule has 0 radical (unpaired) electrons. The molecule has 0 saturated heterocycles. The van der Waals surface area contributed by atoms with E-state index in [9.17, 15) is 14.9 Å². The fourth-order valence-corrected chi connectivity index (χ4v) is 3.75. The summed E-state index contributed by atoms with van der Waals surface area (Å²) in [4.78, 5) is 23.2. The van der Waals surface area contributed by atoms with Crippen LogP contribution in [0.1, 0.15) is 28.7 Å². The summed E-state index contributed by atoms with van der Waals surface area (Å²) in [7, 11) is 0. The number of carbonyl (C=O) groups is 1. The number of aryl methyl sites for hydroxylation is 1.